The number of halogens is 4. The van der Waals surface area contributed by atoms with Gasteiger partial charge in [0.2, 0.25) is 11.5 Å². The summed E-state index contributed by atoms with van der Waals surface area (Å²) in [6.45, 7) is -0.245. The number of pyridine rings is 3. The third-order valence-electron chi connectivity index (χ3n) is 8.09. The van der Waals surface area contributed by atoms with E-state index in [1.807, 2.05) is 0 Å². The minimum atomic E-state index is -5.36. The Morgan fingerprint density at radius 2 is 1.74 bits per heavy atom. The van der Waals surface area contributed by atoms with Crippen molar-refractivity contribution >= 4 is 22.7 Å². The van der Waals surface area contributed by atoms with Crippen molar-refractivity contribution in [2.24, 2.45) is 5.73 Å². The molecule has 2 atom stereocenters. The van der Waals surface area contributed by atoms with Gasteiger partial charge in [-0.25, -0.2) is 9.37 Å². The van der Waals surface area contributed by atoms with Gasteiger partial charge >= 0.3 is 6.18 Å². The van der Waals surface area contributed by atoms with Gasteiger partial charge in [0.25, 0.3) is 5.91 Å². The molecule has 1 aliphatic heterocycles. The van der Waals surface area contributed by atoms with E-state index in [9.17, 15) is 32.3 Å². The molecule has 4 N–H and O–H groups in total. The summed E-state index contributed by atoms with van der Waals surface area (Å²) in [6, 6.07) is 15.3. The van der Waals surface area contributed by atoms with Gasteiger partial charge in [-0.05, 0) is 73.2 Å². The Morgan fingerprint density at radius 3 is 2.41 bits per heavy atom. The number of hydrogen-bond donors (Lipinski definition) is 3. The van der Waals surface area contributed by atoms with E-state index in [-0.39, 0.29) is 34.7 Å². The topological polar surface area (TPSA) is 140 Å². The highest BCUT2D eigenvalue weighted by Crippen LogP contribution is 2.47. The van der Waals surface area contributed by atoms with Crippen molar-refractivity contribution in [1.29, 1.82) is 0 Å². The number of ether oxygens (including phenoxy) is 1. The van der Waals surface area contributed by atoms with E-state index in [2.05, 4.69) is 20.3 Å². The molecule has 1 aliphatic rings. The minimum absolute atomic E-state index is 0.0143. The van der Waals surface area contributed by atoms with Gasteiger partial charge in [0.15, 0.2) is 0 Å². The quantitative estimate of drug-likeness (QED) is 0.219. The second-order valence-electron chi connectivity index (χ2n) is 11.1. The number of aliphatic hydroxyl groups is 1. The zero-order valence-electron chi connectivity index (χ0n) is 24.1. The van der Waals surface area contributed by atoms with E-state index in [0.717, 1.165) is 18.2 Å². The fourth-order valence-electron chi connectivity index (χ4n) is 5.32. The van der Waals surface area contributed by atoms with Crippen molar-refractivity contribution in [2.75, 3.05) is 13.2 Å². The molecule has 0 saturated heterocycles. The molecule has 13 heteroatoms. The van der Waals surface area contributed by atoms with Gasteiger partial charge in [-0.3, -0.25) is 19.6 Å². The lowest BCUT2D eigenvalue weighted by molar-refractivity contribution is -0.265. The van der Waals surface area contributed by atoms with Gasteiger partial charge in [-0.15, -0.1) is 0 Å². The molecule has 4 heterocycles. The van der Waals surface area contributed by atoms with Crippen LogP contribution >= 0.6 is 0 Å². The number of amides is 2. The number of nitrogens with zero attached hydrogens (tertiary/aromatic N) is 3. The second-order valence-corrected chi connectivity index (χ2v) is 11.1. The van der Waals surface area contributed by atoms with Gasteiger partial charge in [-0.1, -0.05) is 6.07 Å². The Balaban J connectivity index is 1.42. The molecule has 0 spiro atoms. The van der Waals surface area contributed by atoms with Crippen molar-refractivity contribution in [3.8, 4) is 28.1 Å². The number of carbonyl (C=O) groups is 2. The fourth-order valence-corrected chi connectivity index (χ4v) is 5.32. The highest BCUT2D eigenvalue weighted by atomic mass is 19.4. The lowest BCUT2D eigenvalue weighted by Crippen LogP contribution is -2.51. The number of hydrogen-bond acceptors (Lipinski definition) is 7. The average molecular weight is 632 g/mol. The van der Waals surface area contributed by atoms with Crippen molar-refractivity contribution in [3.05, 3.63) is 108 Å². The third-order valence-corrected chi connectivity index (χ3v) is 8.09. The normalized spacial score (nSPS) is 17.2. The minimum Gasteiger partial charge on any atom is -0.489 e. The van der Waals surface area contributed by atoms with Gasteiger partial charge in [-0.2, -0.15) is 13.2 Å². The van der Waals surface area contributed by atoms with Crippen LogP contribution in [0.5, 0.6) is 5.75 Å². The summed E-state index contributed by atoms with van der Waals surface area (Å²) in [5.41, 5.74) is 1.15. The summed E-state index contributed by atoms with van der Waals surface area (Å²) in [5.74, 6) is -2.42. The molecule has 3 aromatic heterocycles. The van der Waals surface area contributed by atoms with Crippen molar-refractivity contribution in [3.63, 3.8) is 0 Å². The molecule has 9 nitrogen and oxygen atoms in total. The standard InChI is InChI=1S/C33H25F4N5O4/c1-31(30(38)44)17-46-28-24(31)15-25(42-27(28)19-4-6-22(34)7-5-19)32(45,33(35,36)37)16-41-29(43)21-13-20-3-2-10-40-26(20)23(14-21)18-8-11-39-12-9-18/h2-15,45H,16-17H2,1H3,(H2,38,44)(H,41,43)/t31-,32?/m0/s1. The zero-order valence-corrected chi connectivity index (χ0v) is 24.1. The van der Waals surface area contributed by atoms with E-state index >= 15 is 0 Å². The molecule has 46 heavy (non-hydrogen) atoms. The van der Waals surface area contributed by atoms with Crippen LogP contribution < -0.4 is 15.8 Å². The summed E-state index contributed by atoms with van der Waals surface area (Å²) in [7, 11) is 0. The molecule has 6 rings (SSSR count). The number of primary amides is 1. The van der Waals surface area contributed by atoms with E-state index in [1.54, 1.807) is 42.9 Å². The zero-order chi connectivity index (χ0) is 32.9. The van der Waals surface area contributed by atoms with Crippen molar-refractivity contribution in [2.45, 2.75) is 24.1 Å². The molecule has 2 amide bonds. The van der Waals surface area contributed by atoms with Crippen LogP contribution in [0.15, 0.2) is 85.3 Å². The first-order valence-corrected chi connectivity index (χ1v) is 13.9. The predicted molar refractivity (Wildman–Crippen MR) is 159 cm³/mol. The highest BCUT2D eigenvalue weighted by molar-refractivity contribution is 6.03. The summed E-state index contributed by atoms with van der Waals surface area (Å²) in [6.07, 6.45) is -0.676. The number of benzene rings is 2. The number of carbonyl (C=O) groups excluding carboxylic acids is 2. The summed E-state index contributed by atoms with van der Waals surface area (Å²) in [4.78, 5) is 38.4. The van der Waals surface area contributed by atoms with E-state index < -0.39 is 47.1 Å². The van der Waals surface area contributed by atoms with Crippen molar-refractivity contribution < 1.29 is 37.0 Å². The molecular formula is C33H25F4N5O4. The number of nitrogens with one attached hydrogen (secondary N) is 1. The number of fused-ring (bicyclic) bond motifs is 2. The molecule has 1 unspecified atom stereocenters. The Hall–Kier alpha value is -5.43. The Kier molecular flexibility index (Phi) is 7.43. The molecule has 0 saturated carbocycles. The van der Waals surface area contributed by atoms with Crippen LogP contribution in [0.25, 0.3) is 33.3 Å². The monoisotopic (exact) mass is 631 g/mol. The van der Waals surface area contributed by atoms with Gasteiger partial charge in [0.05, 0.1) is 17.8 Å². The SMILES string of the molecule is C[C@]1(C(N)=O)COc2c1cc(C(O)(CNC(=O)c1cc(-c3ccncc3)c3ncccc3c1)C(F)(F)F)nc2-c1ccc(F)cc1. The van der Waals surface area contributed by atoms with Gasteiger partial charge < -0.3 is 20.9 Å². The first-order chi connectivity index (χ1) is 21.8. The molecular weight excluding hydrogens is 606 g/mol. The smallest absolute Gasteiger partial charge is 0.424 e. The molecule has 2 aromatic carbocycles. The summed E-state index contributed by atoms with van der Waals surface area (Å²) in [5, 5.41) is 14.1. The maximum Gasteiger partial charge on any atom is 0.424 e. The lowest BCUT2D eigenvalue weighted by Gasteiger charge is -2.31. The molecule has 5 aromatic rings. The van der Waals surface area contributed by atoms with Crippen LogP contribution in [0.1, 0.15) is 28.5 Å². The highest BCUT2D eigenvalue weighted by Gasteiger charge is 2.57. The number of aromatic nitrogens is 3. The van der Waals surface area contributed by atoms with Crippen molar-refractivity contribution in [1.82, 2.24) is 20.3 Å². The van der Waals surface area contributed by atoms with E-state index in [0.29, 0.717) is 22.0 Å². The molecule has 0 bridgehead atoms. The van der Waals surface area contributed by atoms with Crippen LogP contribution in [0, 0.1) is 5.82 Å². The molecule has 0 aliphatic carbocycles. The largest absolute Gasteiger partial charge is 0.489 e. The predicted octanol–water partition coefficient (Wildman–Crippen LogP) is 4.81. The van der Waals surface area contributed by atoms with Crippen LogP contribution in [-0.4, -0.2) is 51.2 Å². The van der Waals surface area contributed by atoms with Crippen LogP contribution in [0.2, 0.25) is 0 Å². The number of alkyl halides is 3. The summed E-state index contributed by atoms with van der Waals surface area (Å²) < 4.78 is 63.8. The summed E-state index contributed by atoms with van der Waals surface area (Å²) >= 11 is 0. The van der Waals surface area contributed by atoms with Gasteiger partial charge in [0, 0.05) is 46.2 Å². The molecule has 0 fully saturated rings. The lowest BCUT2D eigenvalue weighted by atomic mass is 9.81. The number of nitrogens with two attached hydrogens (primary N) is 1. The average Bonchev–Trinajstić information content (AvgIpc) is 3.40. The number of rotatable bonds is 7. The Morgan fingerprint density at radius 1 is 1.02 bits per heavy atom. The fraction of sp³-hybridized carbons (Fsp3) is 0.182. The first kappa shape index (κ1) is 30.6. The molecule has 0 radical (unpaired) electrons. The van der Waals surface area contributed by atoms with Crippen LogP contribution in [0.4, 0.5) is 17.6 Å². The second kappa shape index (κ2) is 11.2. The Bertz CT molecular complexity index is 1990. The maximum atomic E-state index is 14.8. The van der Waals surface area contributed by atoms with E-state index in [1.165, 1.54) is 31.2 Å². The van der Waals surface area contributed by atoms with Gasteiger partial charge in [0.1, 0.15) is 29.3 Å². The molecule has 234 valence electrons. The maximum absolute atomic E-state index is 14.8. The Labute approximate surface area is 259 Å². The van der Waals surface area contributed by atoms with Crippen LogP contribution in [0.3, 0.4) is 0 Å². The van der Waals surface area contributed by atoms with Crippen LogP contribution in [-0.2, 0) is 15.8 Å². The van der Waals surface area contributed by atoms with E-state index in [4.69, 9.17) is 10.5 Å². The third kappa shape index (κ3) is 5.17. The first-order valence-electron chi connectivity index (χ1n) is 13.9.